The van der Waals surface area contributed by atoms with Gasteiger partial charge < -0.3 is 9.47 Å². The van der Waals surface area contributed by atoms with Crippen LogP contribution in [-0.2, 0) is 26.1 Å². The smallest absolute Gasteiger partial charge is 0.123 e. The molecule has 0 aliphatic rings. The average Bonchev–Trinajstić information content (AvgIpc) is 2.82. The van der Waals surface area contributed by atoms with E-state index in [4.69, 9.17) is 9.47 Å². The molecule has 0 aliphatic heterocycles. The lowest BCUT2D eigenvalue weighted by Gasteiger charge is -2.12. The van der Waals surface area contributed by atoms with Crippen LogP contribution in [-0.4, -0.2) is 0 Å². The van der Waals surface area contributed by atoms with Gasteiger partial charge in [0.15, 0.2) is 0 Å². The molecule has 4 aromatic carbocycles. The predicted molar refractivity (Wildman–Crippen MR) is 122 cm³/mol. The summed E-state index contributed by atoms with van der Waals surface area (Å²) in [5.74, 6) is 1.86. The van der Waals surface area contributed by atoms with Crippen molar-refractivity contribution >= 4 is 0 Å². The molecule has 0 amide bonds. The molecule has 0 saturated carbocycles. The van der Waals surface area contributed by atoms with E-state index in [9.17, 15) is 0 Å². The first-order valence-electron chi connectivity index (χ1n) is 10.4. The highest BCUT2D eigenvalue weighted by molar-refractivity contribution is 5.35. The highest BCUT2D eigenvalue weighted by Gasteiger charge is 2.05. The van der Waals surface area contributed by atoms with Crippen LogP contribution in [0.2, 0.25) is 0 Å². The van der Waals surface area contributed by atoms with Crippen LogP contribution in [0.5, 0.6) is 11.5 Å². The summed E-state index contributed by atoms with van der Waals surface area (Å²) in [5.41, 5.74) is 4.84. The molecule has 0 fully saturated rings. The first-order chi connectivity index (χ1) is 14.9. The number of para-hydroxylation sites is 1. The second-order valence-electron chi connectivity index (χ2n) is 7.30. The van der Waals surface area contributed by atoms with E-state index in [2.05, 4.69) is 60.7 Å². The maximum absolute atomic E-state index is 6.10. The van der Waals surface area contributed by atoms with E-state index in [1.54, 1.807) is 0 Å². The summed E-state index contributed by atoms with van der Waals surface area (Å²) in [6.45, 7) is 1.17. The monoisotopic (exact) mass is 394 g/mol. The van der Waals surface area contributed by atoms with Gasteiger partial charge in [-0.25, -0.2) is 0 Å². The van der Waals surface area contributed by atoms with E-state index in [-0.39, 0.29) is 0 Å². The van der Waals surface area contributed by atoms with Gasteiger partial charge in [-0.2, -0.15) is 0 Å². The third-order valence-corrected chi connectivity index (χ3v) is 5.04. The van der Waals surface area contributed by atoms with Crippen molar-refractivity contribution in [2.45, 2.75) is 26.1 Å². The Kier molecular flexibility index (Phi) is 6.80. The zero-order valence-electron chi connectivity index (χ0n) is 17.0. The van der Waals surface area contributed by atoms with Crippen molar-refractivity contribution in [3.05, 3.63) is 131 Å². The van der Waals surface area contributed by atoms with Crippen molar-refractivity contribution in [2.24, 2.45) is 0 Å². The topological polar surface area (TPSA) is 18.5 Å². The molecule has 0 heterocycles. The van der Waals surface area contributed by atoms with Crippen molar-refractivity contribution in [1.82, 2.24) is 0 Å². The maximum atomic E-state index is 6.10. The highest BCUT2D eigenvalue weighted by atomic mass is 16.5. The number of aryl methyl sites for hydroxylation is 2. The van der Waals surface area contributed by atoms with E-state index >= 15 is 0 Å². The molecular weight excluding hydrogens is 368 g/mol. The highest BCUT2D eigenvalue weighted by Crippen LogP contribution is 2.23. The Morgan fingerprint density at radius 3 is 1.80 bits per heavy atom. The normalized spacial score (nSPS) is 10.5. The number of rotatable bonds is 9. The van der Waals surface area contributed by atoms with Crippen molar-refractivity contribution in [1.29, 1.82) is 0 Å². The molecule has 30 heavy (non-hydrogen) atoms. The second kappa shape index (κ2) is 10.3. The van der Waals surface area contributed by atoms with Crippen molar-refractivity contribution in [3.63, 3.8) is 0 Å². The second-order valence-corrected chi connectivity index (χ2v) is 7.30. The largest absolute Gasteiger partial charge is 0.489 e. The summed E-state index contributed by atoms with van der Waals surface area (Å²) in [6.07, 6.45) is 1.86. The predicted octanol–water partition coefficient (Wildman–Crippen LogP) is 6.63. The Balaban J connectivity index is 1.35. The fourth-order valence-corrected chi connectivity index (χ4v) is 3.40. The molecule has 4 rings (SSSR count). The lowest BCUT2D eigenvalue weighted by Crippen LogP contribution is -2.00. The van der Waals surface area contributed by atoms with Gasteiger partial charge >= 0.3 is 0 Å². The first kappa shape index (κ1) is 19.8. The minimum Gasteiger partial charge on any atom is -0.489 e. The SMILES string of the molecule is c1ccc(COc2cccc(CCc3ccccc3OCc3ccccc3)c2)cc1. The van der Waals surface area contributed by atoms with E-state index < -0.39 is 0 Å². The number of hydrogen-bond donors (Lipinski definition) is 0. The first-order valence-corrected chi connectivity index (χ1v) is 10.4. The summed E-state index contributed by atoms with van der Waals surface area (Å²) in [4.78, 5) is 0. The molecule has 0 N–H and O–H groups in total. The van der Waals surface area contributed by atoms with Crippen LogP contribution in [0.3, 0.4) is 0 Å². The third kappa shape index (κ3) is 5.74. The molecule has 0 aromatic heterocycles. The summed E-state index contributed by atoms with van der Waals surface area (Å²) in [5, 5.41) is 0. The zero-order valence-corrected chi connectivity index (χ0v) is 17.0. The lowest BCUT2D eigenvalue weighted by atomic mass is 10.0. The summed E-state index contributed by atoms with van der Waals surface area (Å²) >= 11 is 0. The average molecular weight is 395 g/mol. The Morgan fingerprint density at radius 2 is 1.07 bits per heavy atom. The Morgan fingerprint density at radius 1 is 0.467 bits per heavy atom. The van der Waals surface area contributed by atoms with Gasteiger partial charge in [0.1, 0.15) is 24.7 Å². The summed E-state index contributed by atoms with van der Waals surface area (Å²) in [6, 6.07) is 37.2. The van der Waals surface area contributed by atoms with Gasteiger partial charge in [-0.15, -0.1) is 0 Å². The summed E-state index contributed by atoms with van der Waals surface area (Å²) < 4.78 is 12.1. The molecule has 150 valence electrons. The van der Waals surface area contributed by atoms with Crippen molar-refractivity contribution in [3.8, 4) is 11.5 Å². The number of ether oxygens (including phenoxy) is 2. The van der Waals surface area contributed by atoms with E-state index in [1.807, 2.05) is 48.5 Å². The van der Waals surface area contributed by atoms with Crippen LogP contribution in [0.15, 0.2) is 109 Å². The van der Waals surface area contributed by atoms with Gasteiger partial charge in [-0.1, -0.05) is 91.0 Å². The molecule has 0 saturated heterocycles. The van der Waals surface area contributed by atoms with Crippen LogP contribution in [0.25, 0.3) is 0 Å². The molecule has 0 unspecified atom stereocenters. The quantitative estimate of drug-likeness (QED) is 0.317. The minimum absolute atomic E-state index is 0.584. The fraction of sp³-hybridized carbons (Fsp3) is 0.143. The van der Waals surface area contributed by atoms with Gasteiger partial charge in [-0.3, -0.25) is 0 Å². The molecule has 0 spiro atoms. The van der Waals surface area contributed by atoms with E-state index in [0.29, 0.717) is 13.2 Å². The van der Waals surface area contributed by atoms with Crippen molar-refractivity contribution < 1.29 is 9.47 Å². The Labute approximate surface area is 178 Å². The van der Waals surface area contributed by atoms with E-state index in [1.165, 1.54) is 22.3 Å². The van der Waals surface area contributed by atoms with Gasteiger partial charge in [0.05, 0.1) is 0 Å². The van der Waals surface area contributed by atoms with Gasteiger partial charge in [0, 0.05) is 0 Å². The van der Waals surface area contributed by atoms with Crippen LogP contribution in [0.4, 0.5) is 0 Å². The number of hydrogen-bond acceptors (Lipinski definition) is 2. The molecule has 0 aliphatic carbocycles. The van der Waals surface area contributed by atoms with Crippen molar-refractivity contribution in [2.75, 3.05) is 0 Å². The number of benzene rings is 4. The third-order valence-electron chi connectivity index (χ3n) is 5.04. The van der Waals surface area contributed by atoms with Crippen LogP contribution in [0.1, 0.15) is 22.3 Å². The standard InChI is InChI=1S/C28H26O2/c1-3-10-24(11-4-1)21-29-27-16-9-14-23(20-27)18-19-26-15-7-8-17-28(26)30-22-25-12-5-2-6-13-25/h1-17,20H,18-19,21-22H2. The molecule has 0 radical (unpaired) electrons. The minimum atomic E-state index is 0.584. The maximum Gasteiger partial charge on any atom is 0.123 e. The Hall–Kier alpha value is -3.52. The lowest BCUT2D eigenvalue weighted by molar-refractivity contribution is 0.303. The molecule has 2 heteroatoms. The van der Waals surface area contributed by atoms with Gasteiger partial charge in [-0.05, 0) is 53.3 Å². The van der Waals surface area contributed by atoms with Crippen LogP contribution < -0.4 is 9.47 Å². The Bertz CT molecular complexity index is 1040. The van der Waals surface area contributed by atoms with Gasteiger partial charge in [0.25, 0.3) is 0 Å². The zero-order chi connectivity index (χ0) is 20.4. The molecule has 0 atom stereocenters. The van der Waals surface area contributed by atoms with Crippen LogP contribution in [0, 0.1) is 0 Å². The van der Waals surface area contributed by atoms with Gasteiger partial charge in [0.2, 0.25) is 0 Å². The summed E-state index contributed by atoms with van der Waals surface area (Å²) in [7, 11) is 0. The molecular formula is C28H26O2. The molecule has 2 nitrogen and oxygen atoms in total. The fourth-order valence-electron chi connectivity index (χ4n) is 3.40. The van der Waals surface area contributed by atoms with Crippen LogP contribution >= 0.6 is 0 Å². The molecule has 0 bridgehead atoms. The van der Waals surface area contributed by atoms with E-state index in [0.717, 1.165) is 24.3 Å². The molecule has 4 aromatic rings.